The van der Waals surface area contributed by atoms with Gasteiger partial charge in [-0.3, -0.25) is 24.1 Å². The van der Waals surface area contributed by atoms with Crippen LogP contribution in [0.5, 0.6) is 0 Å². The van der Waals surface area contributed by atoms with E-state index < -0.39 is 5.91 Å². The Balaban J connectivity index is 1.23. The van der Waals surface area contributed by atoms with E-state index >= 15 is 0 Å². The summed E-state index contributed by atoms with van der Waals surface area (Å²) in [6.45, 7) is -0.143. The Kier molecular flexibility index (Phi) is 5.05. The van der Waals surface area contributed by atoms with Gasteiger partial charge in [-0.25, -0.2) is 0 Å². The van der Waals surface area contributed by atoms with Gasteiger partial charge in [0.2, 0.25) is 23.6 Å². The van der Waals surface area contributed by atoms with Crippen LogP contribution in [0.25, 0.3) is 0 Å². The maximum absolute atomic E-state index is 12.6. The van der Waals surface area contributed by atoms with E-state index in [0.29, 0.717) is 5.69 Å². The first-order chi connectivity index (χ1) is 13.4. The highest BCUT2D eigenvalue weighted by molar-refractivity contribution is 9.10. The molecule has 3 aliphatic rings. The highest BCUT2D eigenvalue weighted by atomic mass is 79.9. The Hall–Kier alpha value is -2.48. The van der Waals surface area contributed by atoms with Gasteiger partial charge in [0.05, 0.1) is 11.8 Å². The third-order valence-electron chi connectivity index (χ3n) is 5.67. The molecule has 2 N–H and O–H groups in total. The average molecular weight is 446 g/mol. The summed E-state index contributed by atoms with van der Waals surface area (Å²) in [4.78, 5) is 50.3. The molecule has 1 aromatic rings. The van der Waals surface area contributed by atoms with Gasteiger partial charge in [-0.2, -0.15) is 0 Å². The van der Waals surface area contributed by atoms with Crippen LogP contribution in [-0.2, 0) is 19.2 Å². The fourth-order valence-electron chi connectivity index (χ4n) is 4.39. The highest BCUT2D eigenvalue weighted by Gasteiger charge is 2.59. The van der Waals surface area contributed by atoms with Crippen molar-refractivity contribution in [3.8, 4) is 0 Å². The van der Waals surface area contributed by atoms with E-state index in [2.05, 4.69) is 26.6 Å². The normalized spacial score (nSPS) is 27.2. The number of hydrogen-bond acceptors (Lipinski definition) is 4. The van der Waals surface area contributed by atoms with Crippen molar-refractivity contribution in [2.75, 3.05) is 18.4 Å². The van der Waals surface area contributed by atoms with Crippen LogP contribution in [-0.4, -0.2) is 41.6 Å². The smallest absolute Gasteiger partial charge is 0.240 e. The lowest BCUT2D eigenvalue weighted by molar-refractivity contribution is -0.144. The van der Waals surface area contributed by atoms with Gasteiger partial charge in [-0.05, 0) is 42.5 Å². The number of imide groups is 1. The number of fused-ring (bicyclic) bond motifs is 5. The molecule has 4 amide bonds. The molecule has 4 rings (SSSR count). The molecular weight excluding hydrogens is 426 g/mol. The van der Waals surface area contributed by atoms with Crippen molar-refractivity contribution in [1.82, 2.24) is 10.2 Å². The van der Waals surface area contributed by atoms with E-state index in [4.69, 9.17) is 0 Å². The van der Waals surface area contributed by atoms with E-state index in [1.165, 1.54) is 0 Å². The number of halogens is 1. The monoisotopic (exact) mass is 445 g/mol. The van der Waals surface area contributed by atoms with Crippen molar-refractivity contribution in [2.24, 2.45) is 23.7 Å². The fourth-order valence-corrected chi connectivity index (χ4v) is 4.66. The topological polar surface area (TPSA) is 95.6 Å². The summed E-state index contributed by atoms with van der Waals surface area (Å²) in [5, 5.41) is 5.35. The summed E-state index contributed by atoms with van der Waals surface area (Å²) >= 11 is 3.32. The van der Waals surface area contributed by atoms with E-state index in [1.807, 2.05) is 24.3 Å². The second-order valence-corrected chi connectivity index (χ2v) is 8.33. The average Bonchev–Trinajstić information content (AvgIpc) is 3.34. The molecule has 4 atom stereocenters. The second kappa shape index (κ2) is 7.50. The first-order valence-corrected chi connectivity index (χ1v) is 10.1. The minimum atomic E-state index is -0.432. The molecule has 1 aromatic carbocycles. The number of nitrogens with zero attached hydrogens (tertiary/aromatic N) is 1. The molecular formula is C20H20BrN3O4. The lowest BCUT2D eigenvalue weighted by Gasteiger charge is -2.16. The van der Waals surface area contributed by atoms with Crippen molar-refractivity contribution < 1.29 is 19.2 Å². The van der Waals surface area contributed by atoms with Crippen molar-refractivity contribution in [3.63, 3.8) is 0 Å². The minimum Gasteiger partial charge on any atom is -0.354 e. The largest absolute Gasteiger partial charge is 0.354 e. The predicted octanol–water partition coefficient (Wildman–Crippen LogP) is 1.70. The number of carbonyl (C=O) groups is 4. The Morgan fingerprint density at radius 3 is 2.21 bits per heavy atom. The zero-order chi connectivity index (χ0) is 19.8. The lowest BCUT2D eigenvalue weighted by Crippen LogP contribution is -2.42. The number of nitrogens with one attached hydrogen (secondary N) is 2. The molecule has 1 saturated carbocycles. The first kappa shape index (κ1) is 18.9. The zero-order valence-corrected chi connectivity index (χ0v) is 16.6. The summed E-state index contributed by atoms with van der Waals surface area (Å²) in [6, 6.07) is 7.17. The second-order valence-electron chi connectivity index (χ2n) is 7.42. The molecule has 0 radical (unpaired) electrons. The minimum absolute atomic E-state index is 0.100. The maximum Gasteiger partial charge on any atom is 0.240 e. The van der Waals surface area contributed by atoms with E-state index in [1.54, 1.807) is 12.1 Å². The van der Waals surface area contributed by atoms with Crippen molar-refractivity contribution in [1.29, 1.82) is 0 Å². The van der Waals surface area contributed by atoms with Crippen LogP contribution >= 0.6 is 15.9 Å². The molecule has 28 heavy (non-hydrogen) atoms. The molecule has 1 saturated heterocycles. The van der Waals surface area contributed by atoms with Gasteiger partial charge in [0.15, 0.2) is 0 Å². The number of carbonyl (C=O) groups excluding carboxylic acids is 4. The molecule has 146 valence electrons. The summed E-state index contributed by atoms with van der Waals surface area (Å²) in [5.41, 5.74) is 0.669. The molecule has 1 heterocycles. The SMILES string of the molecule is O=C(CN1C(=O)C2C3C=CC(C3)C2C1=O)NCCC(=O)Nc1ccc(Br)cc1. The Labute approximate surface area is 170 Å². The van der Waals surface area contributed by atoms with Crippen LogP contribution in [0.4, 0.5) is 5.69 Å². The molecule has 8 heteroatoms. The van der Waals surface area contributed by atoms with Crippen LogP contribution < -0.4 is 10.6 Å². The van der Waals surface area contributed by atoms with Crippen LogP contribution in [0.15, 0.2) is 40.9 Å². The predicted molar refractivity (Wildman–Crippen MR) is 105 cm³/mol. The summed E-state index contributed by atoms with van der Waals surface area (Å²) in [5.74, 6) is -1.49. The van der Waals surface area contributed by atoms with Gasteiger partial charge < -0.3 is 10.6 Å². The number of benzene rings is 1. The van der Waals surface area contributed by atoms with Gasteiger partial charge in [0.1, 0.15) is 6.54 Å². The molecule has 2 fully saturated rings. The van der Waals surface area contributed by atoms with Gasteiger partial charge in [0, 0.05) is 23.1 Å². The maximum atomic E-state index is 12.6. The number of amides is 4. The molecule has 4 unspecified atom stereocenters. The van der Waals surface area contributed by atoms with Gasteiger partial charge in [-0.1, -0.05) is 28.1 Å². The van der Waals surface area contributed by atoms with Crippen LogP contribution in [0.3, 0.4) is 0 Å². The summed E-state index contributed by atoms with van der Waals surface area (Å²) in [6.07, 6.45) is 5.00. The number of allylic oxidation sites excluding steroid dienone is 2. The standard InChI is InChI=1S/C20H20BrN3O4/c21-13-3-5-14(6-4-13)23-15(25)7-8-22-16(26)10-24-19(27)17-11-1-2-12(9-11)18(17)20(24)28/h1-6,11-12,17-18H,7-10H2,(H,22,26)(H,23,25). The molecule has 7 nitrogen and oxygen atoms in total. The van der Waals surface area contributed by atoms with Crippen molar-refractivity contribution >= 4 is 45.2 Å². The van der Waals surface area contributed by atoms with Crippen LogP contribution in [0.2, 0.25) is 0 Å². The van der Waals surface area contributed by atoms with Crippen molar-refractivity contribution in [2.45, 2.75) is 12.8 Å². The first-order valence-electron chi connectivity index (χ1n) is 9.29. The number of anilines is 1. The fraction of sp³-hybridized carbons (Fsp3) is 0.400. The zero-order valence-electron chi connectivity index (χ0n) is 15.1. The summed E-state index contributed by atoms with van der Waals surface area (Å²) < 4.78 is 0.914. The van der Waals surface area contributed by atoms with E-state index in [9.17, 15) is 19.2 Å². The van der Waals surface area contributed by atoms with Gasteiger partial charge in [0.25, 0.3) is 0 Å². The Morgan fingerprint density at radius 1 is 1.00 bits per heavy atom. The Morgan fingerprint density at radius 2 is 1.61 bits per heavy atom. The highest BCUT2D eigenvalue weighted by Crippen LogP contribution is 2.52. The number of rotatable bonds is 6. The van der Waals surface area contributed by atoms with Crippen molar-refractivity contribution in [3.05, 3.63) is 40.9 Å². The molecule has 0 spiro atoms. The van der Waals surface area contributed by atoms with Crippen LogP contribution in [0, 0.1) is 23.7 Å². The van der Waals surface area contributed by atoms with Gasteiger partial charge >= 0.3 is 0 Å². The van der Waals surface area contributed by atoms with Crippen LogP contribution in [0.1, 0.15) is 12.8 Å². The lowest BCUT2D eigenvalue weighted by atomic mass is 9.85. The Bertz CT molecular complexity index is 837. The number of hydrogen-bond donors (Lipinski definition) is 2. The molecule has 2 bridgehead atoms. The molecule has 0 aromatic heterocycles. The van der Waals surface area contributed by atoms with Gasteiger partial charge in [-0.15, -0.1) is 0 Å². The summed E-state index contributed by atoms with van der Waals surface area (Å²) in [7, 11) is 0. The molecule has 1 aliphatic heterocycles. The number of likely N-dealkylation sites (tertiary alicyclic amines) is 1. The van der Waals surface area contributed by atoms with E-state index in [-0.39, 0.29) is 60.9 Å². The van der Waals surface area contributed by atoms with E-state index in [0.717, 1.165) is 15.8 Å². The molecule has 2 aliphatic carbocycles. The third-order valence-corrected chi connectivity index (χ3v) is 6.19. The third kappa shape index (κ3) is 3.48. The quantitative estimate of drug-likeness (QED) is 0.514.